The van der Waals surface area contributed by atoms with E-state index in [4.69, 9.17) is 14.2 Å². The monoisotopic (exact) mass is 329 g/mol. The number of carbonyl (C=O) groups excluding carboxylic acids is 3. The molecule has 23 heavy (non-hydrogen) atoms. The van der Waals surface area contributed by atoms with Gasteiger partial charge in [-0.15, -0.1) is 0 Å². The Morgan fingerprint density at radius 2 is 1.74 bits per heavy atom. The van der Waals surface area contributed by atoms with Gasteiger partial charge in [0.1, 0.15) is 19.8 Å². The molecule has 1 rings (SSSR count). The van der Waals surface area contributed by atoms with Crippen LogP contribution in [0.4, 0.5) is 4.79 Å². The summed E-state index contributed by atoms with van der Waals surface area (Å²) < 4.78 is 14.8. The van der Waals surface area contributed by atoms with Crippen molar-refractivity contribution in [1.82, 2.24) is 4.90 Å². The lowest BCUT2D eigenvalue weighted by molar-refractivity contribution is -0.157. The molecule has 1 amide bonds. The van der Waals surface area contributed by atoms with Crippen LogP contribution in [0.25, 0.3) is 0 Å². The van der Waals surface area contributed by atoms with Crippen molar-refractivity contribution in [3.05, 3.63) is 0 Å². The normalized spacial score (nSPS) is 15.0. The highest BCUT2D eigenvalue weighted by molar-refractivity contribution is 5.78. The first-order chi connectivity index (χ1) is 10.7. The van der Waals surface area contributed by atoms with Crippen molar-refractivity contribution in [1.29, 1.82) is 0 Å². The topological polar surface area (TPSA) is 82.1 Å². The fourth-order valence-electron chi connectivity index (χ4n) is 1.90. The van der Waals surface area contributed by atoms with Gasteiger partial charge in [-0.1, -0.05) is 13.8 Å². The minimum Gasteiger partial charge on any atom is -0.462 e. The van der Waals surface area contributed by atoms with Crippen LogP contribution >= 0.6 is 0 Å². The Labute approximate surface area is 137 Å². The van der Waals surface area contributed by atoms with Crippen LogP contribution in [0.3, 0.4) is 0 Å². The highest BCUT2D eigenvalue weighted by Crippen LogP contribution is 2.27. The molecule has 1 fully saturated rings. The van der Waals surface area contributed by atoms with Gasteiger partial charge >= 0.3 is 12.1 Å². The van der Waals surface area contributed by atoms with Crippen LogP contribution < -0.4 is 0 Å². The smallest absolute Gasteiger partial charge is 0.462 e. The second-order valence-corrected chi connectivity index (χ2v) is 6.44. The van der Waals surface area contributed by atoms with E-state index >= 15 is 0 Å². The number of esters is 1. The molecule has 0 aromatic heterocycles. The van der Waals surface area contributed by atoms with E-state index in [1.807, 2.05) is 27.7 Å². The number of nitrogens with zero attached hydrogens (tertiary/aromatic N) is 1. The van der Waals surface area contributed by atoms with Gasteiger partial charge in [0.2, 0.25) is 5.91 Å². The van der Waals surface area contributed by atoms with Crippen LogP contribution in [0.1, 0.15) is 40.5 Å². The standard InChI is InChI=1S/C16H27NO6/c1-12(2)16(3,4)14(19)21-10-11-23-15(20)22-9-8-17-7-5-6-13(17)18/h12H,5-11H2,1-4H3. The maximum Gasteiger partial charge on any atom is 0.508 e. The number of likely N-dealkylation sites (tertiary alicyclic amines) is 1. The van der Waals surface area contributed by atoms with Crippen molar-refractivity contribution >= 4 is 18.0 Å². The second-order valence-electron chi connectivity index (χ2n) is 6.44. The Hall–Kier alpha value is -1.79. The highest BCUT2D eigenvalue weighted by Gasteiger charge is 2.32. The lowest BCUT2D eigenvalue weighted by Gasteiger charge is -2.26. The van der Waals surface area contributed by atoms with Crippen LogP contribution in [-0.2, 0) is 23.8 Å². The molecule has 7 nitrogen and oxygen atoms in total. The zero-order valence-electron chi connectivity index (χ0n) is 14.4. The summed E-state index contributed by atoms with van der Waals surface area (Å²) in [5.41, 5.74) is -0.581. The van der Waals surface area contributed by atoms with Gasteiger partial charge in [-0.05, 0) is 26.2 Å². The molecule has 0 aliphatic carbocycles. The van der Waals surface area contributed by atoms with Crippen molar-refractivity contribution in [3.63, 3.8) is 0 Å². The maximum absolute atomic E-state index is 11.9. The predicted molar refractivity (Wildman–Crippen MR) is 82.7 cm³/mol. The average Bonchev–Trinajstić information content (AvgIpc) is 2.88. The fourth-order valence-corrected chi connectivity index (χ4v) is 1.90. The minimum absolute atomic E-state index is 0.00526. The largest absolute Gasteiger partial charge is 0.508 e. The lowest BCUT2D eigenvalue weighted by atomic mass is 9.81. The molecule has 0 bridgehead atoms. The van der Waals surface area contributed by atoms with Crippen molar-refractivity contribution < 1.29 is 28.6 Å². The highest BCUT2D eigenvalue weighted by atomic mass is 16.7. The first kappa shape index (κ1) is 19.3. The third kappa shape index (κ3) is 6.08. The van der Waals surface area contributed by atoms with E-state index in [2.05, 4.69) is 0 Å². The van der Waals surface area contributed by atoms with E-state index in [0.717, 1.165) is 6.42 Å². The SMILES string of the molecule is CC(C)C(C)(C)C(=O)OCCOC(=O)OCCN1CCCC1=O. The van der Waals surface area contributed by atoms with Crippen molar-refractivity contribution in [3.8, 4) is 0 Å². The molecule has 0 N–H and O–H groups in total. The summed E-state index contributed by atoms with van der Waals surface area (Å²) in [6.07, 6.45) is 0.583. The van der Waals surface area contributed by atoms with Crippen LogP contribution in [0.15, 0.2) is 0 Å². The molecule has 1 heterocycles. The van der Waals surface area contributed by atoms with Crippen LogP contribution in [0.5, 0.6) is 0 Å². The van der Waals surface area contributed by atoms with Gasteiger partial charge in [-0.3, -0.25) is 9.59 Å². The molecule has 0 atom stereocenters. The van der Waals surface area contributed by atoms with Crippen LogP contribution in [0.2, 0.25) is 0 Å². The van der Waals surface area contributed by atoms with E-state index in [1.54, 1.807) is 4.90 Å². The molecule has 0 unspecified atom stereocenters. The third-order valence-corrected chi connectivity index (χ3v) is 4.26. The summed E-state index contributed by atoms with van der Waals surface area (Å²) in [5, 5.41) is 0. The Morgan fingerprint density at radius 1 is 1.13 bits per heavy atom. The average molecular weight is 329 g/mol. The Morgan fingerprint density at radius 3 is 2.30 bits per heavy atom. The number of hydrogen-bond donors (Lipinski definition) is 0. The van der Waals surface area contributed by atoms with Gasteiger partial charge in [0.05, 0.1) is 12.0 Å². The zero-order chi connectivity index (χ0) is 17.5. The van der Waals surface area contributed by atoms with Gasteiger partial charge in [0.25, 0.3) is 0 Å². The summed E-state index contributed by atoms with van der Waals surface area (Å²) in [7, 11) is 0. The van der Waals surface area contributed by atoms with Crippen molar-refractivity contribution in [2.45, 2.75) is 40.5 Å². The van der Waals surface area contributed by atoms with E-state index in [-0.39, 0.29) is 37.6 Å². The fraction of sp³-hybridized carbons (Fsp3) is 0.812. The number of carbonyl (C=O) groups is 3. The second kappa shape index (κ2) is 8.74. The van der Waals surface area contributed by atoms with Gasteiger partial charge in [-0.2, -0.15) is 0 Å². The lowest BCUT2D eigenvalue weighted by Crippen LogP contribution is -2.32. The van der Waals surface area contributed by atoms with Gasteiger partial charge in [0.15, 0.2) is 0 Å². The molecule has 7 heteroatoms. The minimum atomic E-state index is -0.823. The molecule has 132 valence electrons. The molecule has 1 saturated heterocycles. The quantitative estimate of drug-likeness (QED) is 0.500. The Kier molecular flexibility index (Phi) is 7.32. The number of ether oxygens (including phenoxy) is 3. The number of amides is 1. The molecule has 1 aliphatic rings. The number of rotatable bonds is 8. The molecular formula is C16H27NO6. The molecule has 0 aromatic rings. The molecule has 0 radical (unpaired) electrons. The number of hydrogen-bond acceptors (Lipinski definition) is 6. The maximum atomic E-state index is 11.9. The molecule has 0 spiro atoms. The Bertz CT molecular complexity index is 432. The van der Waals surface area contributed by atoms with Crippen molar-refractivity contribution in [2.24, 2.45) is 11.3 Å². The summed E-state index contributed by atoms with van der Waals surface area (Å²) in [4.78, 5) is 36.2. The van der Waals surface area contributed by atoms with E-state index in [1.165, 1.54) is 0 Å². The molecule has 1 aliphatic heterocycles. The van der Waals surface area contributed by atoms with Crippen LogP contribution in [0, 0.1) is 11.3 Å². The Balaban J connectivity index is 2.10. The predicted octanol–water partition coefficient (Wildman–Crippen LogP) is 1.99. The first-order valence-corrected chi connectivity index (χ1v) is 7.99. The summed E-state index contributed by atoms with van der Waals surface area (Å²) in [6.45, 7) is 8.65. The van der Waals surface area contributed by atoms with E-state index in [9.17, 15) is 14.4 Å². The van der Waals surface area contributed by atoms with Crippen LogP contribution in [-0.4, -0.2) is 55.8 Å². The summed E-state index contributed by atoms with van der Waals surface area (Å²) in [5.74, 6) is -0.0900. The van der Waals surface area contributed by atoms with Crippen molar-refractivity contribution in [2.75, 3.05) is 32.9 Å². The molecule has 0 saturated carbocycles. The van der Waals surface area contributed by atoms with E-state index < -0.39 is 11.6 Å². The zero-order valence-corrected chi connectivity index (χ0v) is 14.4. The summed E-state index contributed by atoms with van der Waals surface area (Å²) in [6, 6.07) is 0. The van der Waals surface area contributed by atoms with Gasteiger partial charge in [-0.25, -0.2) is 4.79 Å². The summed E-state index contributed by atoms with van der Waals surface area (Å²) >= 11 is 0. The van der Waals surface area contributed by atoms with Gasteiger partial charge in [0, 0.05) is 13.0 Å². The molecular weight excluding hydrogens is 302 g/mol. The first-order valence-electron chi connectivity index (χ1n) is 7.99. The van der Waals surface area contributed by atoms with E-state index in [0.29, 0.717) is 19.5 Å². The van der Waals surface area contributed by atoms with Gasteiger partial charge < -0.3 is 19.1 Å². The third-order valence-electron chi connectivity index (χ3n) is 4.26. The molecule has 0 aromatic carbocycles.